The molecule has 0 fully saturated rings. The molecule has 186 valence electrons. The van der Waals surface area contributed by atoms with Gasteiger partial charge >= 0.3 is 0 Å². The third kappa shape index (κ3) is 14.8. The van der Waals surface area contributed by atoms with Crippen molar-refractivity contribution in [3.8, 4) is 12.8 Å². The van der Waals surface area contributed by atoms with Crippen molar-refractivity contribution in [3.05, 3.63) is 112 Å². The normalized spacial score (nSPS) is 8.76. The van der Waals surface area contributed by atoms with Gasteiger partial charge in [-0.05, 0) is 86.9 Å². The van der Waals surface area contributed by atoms with E-state index in [9.17, 15) is 0 Å². The van der Waals surface area contributed by atoms with Crippen LogP contribution in [0.1, 0.15) is 85.1 Å². The molecule has 0 unspecified atom stereocenters. The molecule has 0 atom stereocenters. The molecule has 0 aromatic heterocycles. The minimum absolute atomic E-state index is 0. The number of rotatable bonds is 6. The molecule has 2 aromatic carbocycles. The maximum Gasteiger partial charge on any atom is -0.00496 e. The molecule has 0 aliphatic rings. The summed E-state index contributed by atoms with van der Waals surface area (Å²) < 4.78 is 0. The van der Waals surface area contributed by atoms with Crippen LogP contribution in [0.5, 0.6) is 0 Å². The summed E-state index contributed by atoms with van der Waals surface area (Å²) in [5, 5.41) is 0. The van der Waals surface area contributed by atoms with Crippen LogP contribution in [-0.4, -0.2) is 0 Å². The van der Waals surface area contributed by atoms with Crippen LogP contribution in [0.25, 0.3) is 5.57 Å². The first-order valence-electron chi connectivity index (χ1n) is 10.8. The van der Waals surface area contributed by atoms with Gasteiger partial charge in [-0.1, -0.05) is 114 Å². The number of allylic oxidation sites excluding steroid dienone is 5. The summed E-state index contributed by atoms with van der Waals surface area (Å²) in [7, 11) is 0. The second-order valence-corrected chi connectivity index (χ2v) is 7.43. The van der Waals surface area contributed by atoms with E-state index in [-0.39, 0.29) is 22.3 Å². The van der Waals surface area contributed by atoms with E-state index in [2.05, 4.69) is 120 Å². The van der Waals surface area contributed by atoms with Crippen LogP contribution < -0.4 is 0 Å². The Morgan fingerprint density at radius 1 is 0.912 bits per heavy atom. The summed E-state index contributed by atoms with van der Waals surface area (Å²) in [5.41, 5.74) is 15.1. The van der Waals surface area contributed by atoms with Gasteiger partial charge in [0.25, 0.3) is 0 Å². The summed E-state index contributed by atoms with van der Waals surface area (Å²) in [6.07, 6.45) is 15.4. The monoisotopic (exact) mass is 458 g/mol. The first-order chi connectivity index (χ1) is 14.9. The zero-order valence-corrected chi connectivity index (χ0v) is 20.3. The molecule has 34 heavy (non-hydrogen) atoms. The molecule has 0 bridgehead atoms. The van der Waals surface area contributed by atoms with Gasteiger partial charge in [0.05, 0.1) is 0 Å². The summed E-state index contributed by atoms with van der Waals surface area (Å²) in [6, 6.07) is 17.0. The standard InChI is InChI=1S/C19H22.C10H14.C2H2.3CH4/c1-6-7-10-16(4)13-14-18(15(2)3)19-12-9-8-11-17(19)5;1-3-6-10-8-5-4-7-9(10)2;1-2;;;/h6,8-9,11-12,14H,2,13H2,1,3-5H3;4-5,7-8H,3,6H2,1-2H3;1-2H;3*1H4/b16-6?,18-14-;;;;;. The first kappa shape index (κ1) is 38.1. The van der Waals surface area contributed by atoms with Gasteiger partial charge in [-0.3, -0.25) is 0 Å². The highest BCUT2D eigenvalue weighted by Gasteiger charge is 2.04. The predicted molar refractivity (Wildman–Crippen MR) is 160 cm³/mol. The largest absolute Gasteiger partial charge is 0.124 e. The minimum Gasteiger partial charge on any atom is -0.124 e. The number of terminal acetylenes is 1. The van der Waals surface area contributed by atoms with E-state index in [1.165, 1.54) is 46.2 Å². The van der Waals surface area contributed by atoms with Gasteiger partial charge in [-0.25, -0.2) is 0 Å². The fourth-order valence-corrected chi connectivity index (χ4v) is 3.05. The second-order valence-electron chi connectivity index (χ2n) is 7.43. The van der Waals surface area contributed by atoms with Gasteiger partial charge in [0.15, 0.2) is 0 Å². The molecule has 0 spiro atoms. The zero-order valence-electron chi connectivity index (χ0n) is 20.3. The van der Waals surface area contributed by atoms with Crippen LogP contribution >= 0.6 is 0 Å². The lowest BCUT2D eigenvalue weighted by atomic mass is 9.94. The van der Waals surface area contributed by atoms with Crippen molar-refractivity contribution in [2.75, 3.05) is 0 Å². The molecule has 0 nitrogen and oxygen atoms in total. The number of aryl methyl sites for hydroxylation is 3. The molecule has 0 aliphatic carbocycles. The van der Waals surface area contributed by atoms with Crippen molar-refractivity contribution in [3.63, 3.8) is 0 Å². The van der Waals surface area contributed by atoms with Crippen molar-refractivity contribution in [2.24, 2.45) is 0 Å². The Hall–Kier alpha value is -3.22. The third-order valence-electron chi connectivity index (χ3n) is 4.72. The number of hydrogen-bond donors (Lipinski definition) is 0. The Bertz CT molecular complexity index is 966. The summed E-state index contributed by atoms with van der Waals surface area (Å²) in [6.45, 7) is 16.7. The summed E-state index contributed by atoms with van der Waals surface area (Å²) in [4.78, 5) is 0. The van der Waals surface area contributed by atoms with E-state index < -0.39 is 0 Å². The average Bonchev–Trinajstić information content (AvgIpc) is 2.77. The van der Waals surface area contributed by atoms with Crippen molar-refractivity contribution < 1.29 is 0 Å². The van der Waals surface area contributed by atoms with Crippen molar-refractivity contribution in [1.82, 2.24) is 0 Å². The quantitative estimate of drug-likeness (QED) is 0.229. The molecule has 0 saturated carbocycles. The Morgan fingerprint density at radius 2 is 1.44 bits per heavy atom. The molecule has 0 heterocycles. The van der Waals surface area contributed by atoms with E-state index in [0.717, 1.165) is 12.0 Å². The lowest BCUT2D eigenvalue weighted by molar-refractivity contribution is 0.913. The van der Waals surface area contributed by atoms with E-state index >= 15 is 0 Å². The van der Waals surface area contributed by atoms with Crippen molar-refractivity contribution >= 4 is 5.57 Å². The van der Waals surface area contributed by atoms with E-state index in [1.807, 2.05) is 13.0 Å². The predicted octanol–water partition coefficient (Wildman–Crippen LogP) is 10.7. The van der Waals surface area contributed by atoms with Gasteiger partial charge in [0.1, 0.15) is 0 Å². The van der Waals surface area contributed by atoms with E-state index in [4.69, 9.17) is 0 Å². The Kier molecular flexibility index (Phi) is 25.7. The molecular formula is C34H50. The molecule has 0 radical (unpaired) electrons. The second kappa shape index (κ2) is 23.0. The van der Waals surface area contributed by atoms with Gasteiger partial charge in [0.2, 0.25) is 0 Å². The Morgan fingerprint density at radius 3 is 1.91 bits per heavy atom. The zero-order chi connectivity index (χ0) is 23.6. The Balaban J connectivity index is -0.000000257. The SMILES string of the molecule is C.C.C.C#C.C=C(C)/C(=C/CC(C)=C=C=CC)c1ccccc1C.CCCc1ccccc1C. The highest BCUT2D eigenvalue weighted by atomic mass is 14.1. The highest BCUT2D eigenvalue weighted by Crippen LogP contribution is 2.25. The van der Waals surface area contributed by atoms with Crippen LogP contribution in [-0.2, 0) is 6.42 Å². The van der Waals surface area contributed by atoms with Crippen LogP contribution in [0.2, 0.25) is 0 Å². The number of benzene rings is 2. The average molecular weight is 459 g/mol. The van der Waals surface area contributed by atoms with Crippen LogP contribution in [0.15, 0.2) is 89.9 Å². The van der Waals surface area contributed by atoms with Gasteiger partial charge in [0, 0.05) is 0 Å². The molecule has 0 saturated heterocycles. The van der Waals surface area contributed by atoms with Crippen molar-refractivity contribution in [1.29, 1.82) is 0 Å². The minimum atomic E-state index is 0. The van der Waals surface area contributed by atoms with Crippen molar-refractivity contribution in [2.45, 2.75) is 83.1 Å². The van der Waals surface area contributed by atoms with Gasteiger partial charge in [-0.15, -0.1) is 12.8 Å². The molecule has 2 rings (SSSR count). The van der Waals surface area contributed by atoms with Gasteiger partial charge in [-0.2, -0.15) is 0 Å². The summed E-state index contributed by atoms with van der Waals surface area (Å²) in [5.74, 6) is 0. The summed E-state index contributed by atoms with van der Waals surface area (Å²) >= 11 is 0. The third-order valence-corrected chi connectivity index (χ3v) is 4.72. The first-order valence-corrected chi connectivity index (χ1v) is 10.8. The Labute approximate surface area is 213 Å². The molecule has 0 amide bonds. The maximum atomic E-state index is 4.09. The van der Waals surface area contributed by atoms with Crippen LogP contribution in [0.4, 0.5) is 0 Å². The smallest absolute Gasteiger partial charge is 0.00496 e. The highest BCUT2D eigenvalue weighted by molar-refractivity contribution is 5.79. The molecule has 0 N–H and O–H groups in total. The lowest BCUT2D eigenvalue weighted by Gasteiger charge is -2.10. The van der Waals surface area contributed by atoms with E-state index in [1.54, 1.807) is 0 Å². The lowest BCUT2D eigenvalue weighted by Crippen LogP contribution is -1.90. The van der Waals surface area contributed by atoms with E-state index in [0.29, 0.717) is 0 Å². The molecule has 2 aromatic rings. The fraction of sp³-hybridized carbons (Fsp3) is 0.353. The topological polar surface area (TPSA) is 0 Å². The molecule has 0 heteroatoms. The maximum absolute atomic E-state index is 4.09. The van der Waals surface area contributed by atoms with Crippen LogP contribution in [0.3, 0.4) is 0 Å². The van der Waals surface area contributed by atoms with Crippen LogP contribution in [0, 0.1) is 26.7 Å². The fourth-order valence-electron chi connectivity index (χ4n) is 3.05. The van der Waals surface area contributed by atoms with Gasteiger partial charge < -0.3 is 0 Å². The number of hydrogen-bond acceptors (Lipinski definition) is 0. The molecular weight excluding hydrogens is 408 g/mol. The molecule has 0 aliphatic heterocycles.